The maximum absolute atomic E-state index is 4.62. The molecule has 0 heterocycles. The summed E-state index contributed by atoms with van der Waals surface area (Å²) in [6, 6.07) is 9.92. The highest BCUT2D eigenvalue weighted by atomic mass is 32.2. The van der Waals surface area contributed by atoms with E-state index in [1.54, 1.807) is 0 Å². The monoisotopic (exact) mass is 327 g/mol. The van der Waals surface area contributed by atoms with Crippen LogP contribution in [0.15, 0.2) is 35.3 Å². The molecular weight excluding hydrogens is 298 g/mol. The van der Waals surface area contributed by atoms with Crippen LogP contribution in [0, 0.1) is 5.92 Å². The van der Waals surface area contributed by atoms with Crippen LogP contribution >= 0.6 is 24.7 Å². The van der Waals surface area contributed by atoms with Crippen LogP contribution in [0.2, 0.25) is 0 Å². The molecule has 0 saturated heterocycles. The number of rotatable bonds is 8. The Morgan fingerprint density at radius 1 is 1.29 bits per heavy atom. The van der Waals surface area contributed by atoms with Crippen molar-refractivity contribution < 1.29 is 4.18 Å². The molecule has 4 heteroatoms. The van der Waals surface area contributed by atoms with Crippen molar-refractivity contribution in [1.29, 1.82) is 0 Å². The van der Waals surface area contributed by atoms with Gasteiger partial charge in [-0.25, -0.2) is 0 Å². The lowest BCUT2D eigenvalue weighted by Crippen LogP contribution is -1.99. The van der Waals surface area contributed by atoms with Crippen LogP contribution in [0.1, 0.15) is 39.2 Å². The molecule has 1 rings (SSSR count). The third kappa shape index (κ3) is 14.3. The first-order valence-corrected chi connectivity index (χ1v) is 9.15. The Balaban J connectivity index is 0.000000394. The molecule has 0 aliphatic rings. The van der Waals surface area contributed by atoms with Crippen LogP contribution in [-0.2, 0) is 10.8 Å². The maximum Gasteiger partial charge on any atom is 0.0861 e. The molecule has 0 radical (unpaired) electrons. The third-order valence-corrected chi connectivity index (χ3v) is 3.49. The predicted octanol–water partition coefficient (Wildman–Crippen LogP) is 5.29. The molecule has 0 fully saturated rings. The van der Waals surface area contributed by atoms with E-state index in [1.807, 2.05) is 42.1 Å². The number of nitrogens with zero attached hydrogens (tertiary/aromatic N) is 1. The van der Waals surface area contributed by atoms with Crippen molar-refractivity contribution in [2.24, 2.45) is 10.9 Å². The molecule has 120 valence electrons. The van der Waals surface area contributed by atoms with Crippen LogP contribution in [0.3, 0.4) is 0 Å². The zero-order chi connectivity index (χ0) is 15.9. The first-order chi connectivity index (χ1) is 10.1. The summed E-state index contributed by atoms with van der Waals surface area (Å²) >= 11 is 5.53. The number of aliphatic imine (C=N–C) groups is 1. The van der Waals surface area contributed by atoms with Crippen molar-refractivity contribution in [2.45, 2.75) is 40.2 Å². The zero-order valence-corrected chi connectivity index (χ0v) is 15.4. The fourth-order valence-corrected chi connectivity index (χ4v) is 2.35. The average Bonchev–Trinajstić information content (AvgIpc) is 2.45. The molecule has 21 heavy (non-hydrogen) atoms. The summed E-state index contributed by atoms with van der Waals surface area (Å²) in [5.41, 5.74) is 2.46. The lowest BCUT2D eigenvalue weighted by atomic mass is 10.1. The number of hydrogen-bond acceptors (Lipinski definition) is 4. The first-order valence-electron chi connectivity index (χ1n) is 7.39. The van der Waals surface area contributed by atoms with Gasteiger partial charge in [0.1, 0.15) is 0 Å². The molecule has 0 aliphatic heterocycles. The Bertz CT molecular complexity index is 366. The van der Waals surface area contributed by atoms with Crippen molar-refractivity contribution in [3.8, 4) is 0 Å². The second-order valence-electron chi connectivity index (χ2n) is 5.32. The second kappa shape index (κ2) is 14.5. The van der Waals surface area contributed by atoms with Gasteiger partial charge in [-0.05, 0) is 56.2 Å². The van der Waals surface area contributed by atoms with E-state index in [2.05, 4.69) is 49.1 Å². The molecule has 0 atom stereocenters. The largest absolute Gasteiger partial charge is 0.314 e. The smallest absolute Gasteiger partial charge is 0.0861 e. The standard InChI is InChI=1S/C10H21NS.C7H8OS/c1-9(2)8-10(3)11-6-5-7-12-4;9-8-6-7-4-2-1-3-5-7/h9H,5-8H2,1-4H3;1-5,9H,6H2. The number of benzene rings is 1. The van der Waals surface area contributed by atoms with Crippen molar-refractivity contribution in [2.75, 3.05) is 18.6 Å². The van der Waals surface area contributed by atoms with Gasteiger partial charge < -0.3 is 4.18 Å². The molecular formula is C17H29NOS2. The summed E-state index contributed by atoms with van der Waals surface area (Å²) < 4.78 is 4.62. The highest BCUT2D eigenvalue weighted by Crippen LogP contribution is 2.02. The summed E-state index contributed by atoms with van der Waals surface area (Å²) in [6.07, 6.45) is 4.51. The summed E-state index contributed by atoms with van der Waals surface area (Å²) in [4.78, 5) is 4.51. The normalized spacial score (nSPS) is 11.2. The second-order valence-corrected chi connectivity index (χ2v) is 6.56. The molecule has 0 N–H and O–H groups in total. The van der Waals surface area contributed by atoms with Gasteiger partial charge in [-0.2, -0.15) is 11.8 Å². The van der Waals surface area contributed by atoms with E-state index in [0.717, 1.165) is 24.4 Å². The van der Waals surface area contributed by atoms with Crippen molar-refractivity contribution in [3.63, 3.8) is 0 Å². The molecule has 0 amide bonds. The molecule has 0 unspecified atom stereocenters. The maximum atomic E-state index is 4.62. The molecule has 1 aromatic carbocycles. The lowest BCUT2D eigenvalue weighted by molar-refractivity contribution is 0.372. The molecule has 0 spiro atoms. The first kappa shape index (κ1) is 20.6. The van der Waals surface area contributed by atoms with Crippen LogP contribution in [-0.4, -0.2) is 24.3 Å². The van der Waals surface area contributed by atoms with Gasteiger partial charge in [0.15, 0.2) is 0 Å². The van der Waals surface area contributed by atoms with E-state index in [-0.39, 0.29) is 0 Å². The molecule has 2 nitrogen and oxygen atoms in total. The minimum absolute atomic E-state index is 0.573. The van der Waals surface area contributed by atoms with Crippen LogP contribution in [0.25, 0.3) is 0 Å². The highest BCUT2D eigenvalue weighted by Gasteiger charge is 1.95. The third-order valence-electron chi connectivity index (χ3n) is 2.67. The SMILES string of the molecule is CSCCCN=C(C)CC(C)C.SOCc1ccccc1. The molecule has 0 saturated carbocycles. The summed E-state index contributed by atoms with van der Waals surface area (Å²) in [7, 11) is 0. The number of thioether (sulfide) groups is 1. The average molecular weight is 328 g/mol. The van der Waals surface area contributed by atoms with Crippen LogP contribution < -0.4 is 0 Å². The Morgan fingerprint density at radius 2 is 1.95 bits per heavy atom. The van der Waals surface area contributed by atoms with Gasteiger partial charge in [0.2, 0.25) is 0 Å². The van der Waals surface area contributed by atoms with E-state index in [0.29, 0.717) is 6.61 Å². The van der Waals surface area contributed by atoms with Gasteiger partial charge in [0.05, 0.1) is 6.61 Å². The minimum Gasteiger partial charge on any atom is -0.314 e. The number of thiol groups is 1. The highest BCUT2D eigenvalue weighted by molar-refractivity contribution is 7.98. The van der Waals surface area contributed by atoms with E-state index < -0.39 is 0 Å². The van der Waals surface area contributed by atoms with Crippen molar-refractivity contribution in [1.82, 2.24) is 0 Å². The predicted molar refractivity (Wildman–Crippen MR) is 101 cm³/mol. The van der Waals surface area contributed by atoms with Gasteiger partial charge in [0, 0.05) is 12.3 Å². The van der Waals surface area contributed by atoms with Gasteiger partial charge in [-0.15, -0.1) is 0 Å². The Labute approximate surface area is 140 Å². The van der Waals surface area contributed by atoms with Crippen molar-refractivity contribution in [3.05, 3.63) is 35.9 Å². The van der Waals surface area contributed by atoms with E-state index in [4.69, 9.17) is 0 Å². The quantitative estimate of drug-likeness (QED) is 0.303. The van der Waals surface area contributed by atoms with Gasteiger partial charge >= 0.3 is 0 Å². The summed E-state index contributed by atoms with van der Waals surface area (Å²) in [5.74, 6) is 1.98. The molecule has 0 bridgehead atoms. The molecule has 0 aliphatic carbocycles. The summed E-state index contributed by atoms with van der Waals surface area (Å²) in [5, 5.41) is 0. The Hall–Kier alpha value is -0.450. The van der Waals surface area contributed by atoms with Gasteiger partial charge in [0.25, 0.3) is 0 Å². The fourth-order valence-electron chi connectivity index (χ4n) is 1.78. The minimum atomic E-state index is 0.573. The van der Waals surface area contributed by atoms with Gasteiger partial charge in [-0.3, -0.25) is 4.99 Å². The molecule has 0 aromatic heterocycles. The zero-order valence-electron chi connectivity index (χ0n) is 13.7. The number of hydrogen-bond donors (Lipinski definition) is 1. The van der Waals surface area contributed by atoms with Crippen LogP contribution in [0.4, 0.5) is 0 Å². The fraction of sp³-hybridized carbons (Fsp3) is 0.588. The van der Waals surface area contributed by atoms with Crippen LogP contribution in [0.5, 0.6) is 0 Å². The Morgan fingerprint density at radius 3 is 2.48 bits per heavy atom. The van der Waals surface area contributed by atoms with E-state index in [1.165, 1.54) is 17.9 Å². The summed E-state index contributed by atoms with van der Waals surface area (Å²) in [6.45, 7) is 8.20. The topological polar surface area (TPSA) is 21.6 Å². The van der Waals surface area contributed by atoms with Crippen molar-refractivity contribution >= 4 is 30.4 Å². The van der Waals surface area contributed by atoms with Gasteiger partial charge in [-0.1, -0.05) is 44.2 Å². The van der Waals surface area contributed by atoms with E-state index in [9.17, 15) is 0 Å². The lowest BCUT2D eigenvalue weighted by Gasteiger charge is -2.03. The Kier molecular flexibility index (Phi) is 14.2. The van der Waals surface area contributed by atoms with E-state index >= 15 is 0 Å². The molecule has 1 aromatic rings.